The topological polar surface area (TPSA) is 37.0 Å². The minimum atomic E-state index is 0.687. The lowest BCUT2D eigenvalue weighted by Crippen LogP contribution is -2.29. The van der Waals surface area contributed by atoms with Gasteiger partial charge in [-0.05, 0) is 22.0 Å². The molecule has 0 aromatic carbocycles. The maximum atomic E-state index is 9.35. The van der Waals surface area contributed by atoms with E-state index in [1.165, 1.54) is 0 Å². The van der Waals surface area contributed by atoms with Crippen molar-refractivity contribution in [2.24, 2.45) is 0 Å². The standard InChI is InChI=1S/C8H6BrN2O/c9-6-4-8-7(10-5-6)2-1-3-11(8)12/h1-5,12H/q+1. The molecule has 0 aliphatic carbocycles. The highest BCUT2D eigenvalue weighted by Gasteiger charge is 2.07. The van der Waals surface area contributed by atoms with Gasteiger partial charge in [-0.3, -0.25) is 5.21 Å². The summed E-state index contributed by atoms with van der Waals surface area (Å²) < 4.78 is 1.90. The third kappa shape index (κ3) is 1.14. The summed E-state index contributed by atoms with van der Waals surface area (Å²) in [7, 11) is 0. The number of aromatic nitrogens is 2. The molecular formula is C8H6BrN2O+. The first-order valence-electron chi connectivity index (χ1n) is 3.42. The lowest BCUT2D eigenvalue weighted by Gasteiger charge is -1.92. The molecule has 0 radical (unpaired) electrons. The van der Waals surface area contributed by atoms with Gasteiger partial charge in [0, 0.05) is 27.5 Å². The minimum Gasteiger partial charge on any atom is -0.284 e. The van der Waals surface area contributed by atoms with Crippen molar-refractivity contribution in [1.82, 2.24) is 4.98 Å². The third-order valence-corrected chi connectivity index (χ3v) is 2.03. The van der Waals surface area contributed by atoms with E-state index in [1.807, 2.05) is 12.1 Å². The highest BCUT2D eigenvalue weighted by Crippen LogP contribution is 2.12. The minimum absolute atomic E-state index is 0.687. The lowest BCUT2D eigenvalue weighted by atomic mass is 10.3. The quantitative estimate of drug-likeness (QED) is 0.546. The van der Waals surface area contributed by atoms with Crippen LogP contribution in [0.5, 0.6) is 0 Å². The Balaban J connectivity index is 2.88. The molecule has 0 unspecified atom stereocenters. The van der Waals surface area contributed by atoms with Gasteiger partial charge < -0.3 is 0 Å². The smallest absolute Gasteiger partial charge is 0.283 e. The van der Waals surface area contributed by atoms with Crippen molar-refractivity contribution in [3.8, 4) is 0 Å². The predicted molar refractivity (Wildman–Crippen MR) is 46.8 cm³/mol. The largest absolute Gasteiger partial charge is 0.284 e. The second-order valence-electron chi connectivity index (χ2n) is 2.41. The highest BCUT2D eigenvalue weighted by atomic mass is 79.9. The first-order chi connectivity index (χ1) is 5.77. The summed E-state index contributed by atoms with van der Waals surface area (Å²) in [6.45, 7) is 0. The SMILES string of the molecule is O[n+]1cccc2ncc(Br)cc21. The number of pyridine rings is 2. The van der Waals surface area contributed by atoms with E-state index in [-0.39, 0.29) is 0 Å². The Hall–Kier alpha value is -1.16. The normalized spacial score (nSPS) is 10.4. The van der Waals surface area contributed by atoms with Gasteiger partial charge in [-0.2, -0.15) is 0 Å². The van der Waals surface area contributed by atoms with Gasteiger partial charge in [-0.25, -0.2) is 4.98 Å². The van der Waals surface area contributed by atoms with Crippen LogP contribution in [0.25, 0.3) is 11.0 Å². The zero-order valence-corrected chi connectivity index (χ0v) is 7.69. The molecule has 3 nitrogen and oxygen atoms in total. The van der Waals surface area contributed by atoms with Gasteiger partial charge in [0.2, 0.25) is 6.20 Å². The fraction of sp³-hybridized carbons (Fsp3) is 0. The van der Waals surface area contributed by atoms with Crippen molar-refractivity contribution in [1.29, 1.82) is 0 Å². The van der Waals surface area contributed by atoms with E-state index in [4.69, 9.17) is 0 Å². The second-order valence-corrected chi connectivity index (χ2v) is 3.33. The van der Waals surface area contributed by atoms with Gasteiger partial charge in [-0.1, -0.05) is 0 Å². The van der Waals surface area contributed by atoms with Gasteiger partial charge >= 0.3 is 0 Å². The molecule has 0 aliphatic heterocycles. The maximum Gasteiger partial charge on any atom is 0.283 e. The molecule has 1 N–H and O–H groups in total. The molecule has 2 aromatic heterocycles. The van der Waals surface area contributed by atoms with Crippen LogP contribution in [0.3, 0.4) is 0 Å². The summed E-state index contributed by atoms with van der Waals surface area (Å²) in [5, 5.41) is 9.35. The van der Waals surface area contributed by atoms with Crippen LogP contribution in [0.4, 0.5) is 0 Å². The number of nitrogens with zero attached hydrogens (tertiary/aromatic N) is 2. The average molecular weight is 226 g/mol. The fourth-order valence-electron chi connectivity index (χ4n) is 1.05. The van der Waals surface area contributed by atoms with Crippen LogP contribution in [0.2, 0.25) is 0 Å². The van der Waals surface area contributed by atoms with Crippen LogP contribution < -0.4 is 4.73 Å². The van der Waals surface area contributed by atoms with E-state index in [2.05, 4.69) is 20.9 Å². The number of hydrogen-bond donors (Lipinski definition) is 1. The molecule has 2 heterocycles. The first kappa shape index (κ1) is 7.49. The highest BCUT2D eigenvalue weighted by molar-refractivity contribution is 9.10. The van der Waals surface area contributed by atoms with Gasteiger partial charge in [0.05, 0.1) is 0 Å². The Labute approximate surface area is 77.4 Å². The summed E-state index contributed by atoms with van der Waals surface area (Å²) in [5.41, 5.74) is 1.45. The van der Waals surface area contributed by atoms with Crippen molar-refractivity contribution >= 4 is 27.0 Å². The molecule has 0 saturated heterocycles. The van der Waals surface area contributed by atoms with Gasteiger partial charge in [0.25, 0.3) is 5.52 Å². The van der Waals surface area contributed by atoms with Gasteiger partial charge in [-0.15, -0.1) is 0 Å². The zero-order valence-electron chi connectivity index (χ0n) is 6.11. The Morgan fingerprint density at radius 2 is 2.33 bits per heavy atom. The third-order valence-electron chi connectivity index (χ3n) is 1.59. The molecule has 60 valence electrons. The molecule has 12 heavy (non-hydrogen) atoms. The first-order valence-corrected chi connectivity index (χ1v) is 4.22. The molecule has 0 atom stereocenters. The van der Waals surface area contributed by atoms with E-state index in [1.54, 1.807) is 18.5 Å². The molecule has 0 saturated carbocycles. The van der Waals surface area contributed by atoms with Crippen molar-refractivity contribution in [3.63, 3.8) is 0 Å². The lowest BCUT2D eigenvalue weighted by molar-refractivity contribution is -0.884. The average Bonchev–Trinajstić information content (AvgIpc) is 2.07. The Morgan fingerprint density at radius 3 is 3.17 bits per heavy atom. The summed E-state index contributed by atoms with van der Waals surface area (Å²) in [6.07, 6.45) is 3.26. The molecule has 2 aromatic rings. The second kappa shape index (κ2) is 2.71. The Bertz CT molecular complexity index is 430. The van der Waals surface area contributed by atoms with E-state index >= 15 is 0 Å². The van der Waals surface area contributed by atoms with Crippen molar-refractivity contribution in [2.45, 2.75) is 0 Å². The van der Waals surface area contributed by atoms with Crippen LogP contribution in [0.1, 0.15) is 0 Å². The molecule has 2 rings (SSSR count). The summed E-state index contributed by atoms with van der Waals surface area (Å²) >= 11 is 3.28. The van der Waals surface area contributed by atoms with E-state index in [0.717, 1.165) is 14.7 Å². The summed E-state index contributed by atoms with van der Waals surface area (Å²) in [4.78, 5) is 4.11. The monoisotopic (exact) mass is 225 g/mol. The van der Waals surface area contributed by atoms with Gasteiger partial charge in [0.15, 0.2) is 0 Å². The molecule has 4 heteroatoms. The van der Waals surface area contributed by atoms with Crippen molar-refractivity contribution in [2.75, 3.05) is 0 Å². The van der Waals surface area contributed by atoms with Crippen molar-refractivity contribution in [3.05, 3.63) is 35.1 Å². The van der Waals surface area contributed by atoms with Gasteiger partial charge in [0.1, 0.15) is 5.52 Å². The van der Waals surface area contributed by atoms with Crippen LogP contribution in [0.15, 0.2) is 35.1 Å². The number of rotatable bonds is 0. The van der Waals surface area contributed by atoms with E-state index in [9.17, 15) is 5.21 Å². The van der Waals surface area contributed by atoms with E-state index in [0.29, 0.717) is 5.52 Å². The van der Waals surface area contributed by atoms with Crippen LogP contribution in [-0.4, -0.2) is 10.2 Å². The number of fused-ring (bicyclic) bond motifs is 1. The van der Waals surface area contributed by atoms with Crippen LogP contribution in [-0.2, 0) is 0 Å². The molecule has 0 spiro atoms. The fourth-order valence-corrected chi connectivity index (χ4v) is 1.37. The predicted octanol–water partition coefficient (Wildman–Crippen LogP) is 1.52. The zero-order chi connectivity index (χ0) is 8.55. The van der Waals surface area contributed by atoms with Crippen molar-refractivity contribution < 1.29 is 9.94 Å². The van der Waals surface area contributed by atoms with E-state index < -0.39 is 0 Å². The molecular weight excluding hydrogens is 220 g/mol. The molecule has 0 aliphatic rings. The summed E-state index contributed by atoms with van der Waals surface area (Å²) in [5.74, 6) is 0. The summed E-state index contributed by atoms with van der Waals surface area (Å²) in [6, 6.07) is 5.39. The van der Waals surface area contributed by atoms with Crippen LogP contribution in [0, 0.1) is 0 Å². The molecule has 0 bridgehead atoms. The molecule has 0 fully saturated rings. The van der Waals surface area contributed by atoms with Crippen LogP contribution >= 0.6 is 15.9 Å². The Morgan fingerprint density at radius 1 is 1.50 bits per heavy atom. The number of halogens is 1. The Kier molecular flexibility index (Phi) is 1.69. The molecule has 0 amide bonds. The number of hydrogen-bond acceptors (Lipinski definition) is 2. The maximum absolute atomic E-state index is 9.35.